The number of hydrogen-bond donors (Lipinski definition) is 1. The van der Waals surface area contributed by atoms with E-state index >= 15 is 0 Å². The molecule has 0 atom stereocenters. The second-order valence-corrected chi connectivity index (χ2v) is 4.17. The molecule has 0 amide bonds. The van der Waals surface area contributed by atoms with Gasteiger partial charge >= 0.3 is 6.01 Å². The van der Waals surface area contributed by atoms with Gasteiger partial charge in [-0.15, -0.1) is 0 Å². The number of aromatic nitrogens is 5. The van der Waals surface area contributed by atoms with E-state index in [1.807, 2.05) is 13.2 Å². The van der Waals surface area contributed by atoms with Crippen molar-refractivity contribution in [2.75, 3.05) is 19.5 Å². The van der Waals surface area contributed by atoms with Crippen LogP contribution >= 0.6 is 11.8 Å². The average molecular weight is 252 g/mol. The Morgan fingerprint density at radius 1 is 1.35 bits per heavy atom. The summed E-state index contributed by atoms with van der Waals surface area (Å²) in [4.78, 5) is 13.4. The van der Waals surface area contributed by atoms with E-state index in [9.17, 15) is 0 Å². The maximum absolute atomic E-state index is 5.00. The lowest BCUT2D eigenvalue weighted by Gasteiger charge is -2.03. The van der Waals surface area contributed by atoms with Crippen molar-refractivity contribution in [3.63, 3.8) is 0 Å². The van der Waals surface area contributed by atoms with Gasteiger partial charge in [0.15, 0.2) is 0 Å². The molecule has 1 N–H and O–H groups in total. The van der Waals surface area contributed by atoms with Crippen molar-refractivity contribution < 1.29 is 4.74 Å². The molecule has 0 bridgehead atoms. The predicted molar refractivity (Wildman–Crippen MR) is 63.3 cm³/mol. The van der Waals surface area contributed by atoms with Crippen molar-refractivity contribution in [2.24, 2.45) is 7.05 Å². The molecule has 2 aromatic rings. The molecule has 0 radical (unpaired) electrons. The SMILES string of the molecule is CNc1nc(OC)nc(Sc2cnn(C)c2)n1. The summed E-state index contributed by atoms with van der Waals surface area (Å²) in [6, 6.07) is 0.288. The van der Waals surface area contributed by atoms with Crippen molar-refractivity contribution in [3.05, 3.63) is 12.4 Å². The molecule has 0 aliphatic heterocycles. The highest BCUT2D eigenvalue weighted by Crippen LogP contribution is 2.25. The summed E-state index contributed by atoms with van der Waals surface area (Å²) in [6.07, 6.45) is 3.64. The second-order valence-electron chi connectivity index (χ2n) is 3.13. The molecule has 17 heavy (non-hydrogen) atoms. The summed E-state index contributed by atoms with van der Waals surface area (Å²) in [7, 11) is 5.12. The second kappa shape index (κ2) is 5.00. The molecule has 2 aromatic heterocycles. The highest BCUT2D eigenvalue weighted by atomic mass is 32.2. The molecule has 8 heteroatoms. The third-order valence-corrected chi connectivity index (χ3v) is 2.70. The van der Waals surface area contributed by atoms with Gasteiger partial charge in [0, 0.05) is 20.3 Å². The molecule has 0 aliphatic carbocycles. The summed E-state index contributed by atoms with van der Waals surface area (Å²) in [5.74, 6) is 0.475. The Balaban J connectivity index is 2.25. The number of ether oxygens (including phenoxy) is 1. The average Bonchev–Trinajstić information content (AvgIpc) is 2.74. The number of hydrogen-bond acceptors (Lipinski definition) is 7. The minimum Gasteiger partial charge on any atom is -0.467 e. The third kappa shape index (κ3) is 2.84. The third-order valence-electron chi connectivity index (χ3n) is 1.89. The number of anilines is 1. The summed E-state index contributed by atoms with van der Waals surface area (Å²) in [5.41, 5.74) is 0. The number of nitrogens with zero attached hydrogens (tertiary/aromatic N) is 5. The van der Waals surface area contributed by atoms with E-state index in [0.29, 0.717) is 11.1 Å². The van der Waals surface area contributed by atoms with Gasteiger partial charge in [-0.25, -0.2) is 0 Å². The van der Waals surface area contributed by atoms with Crippen LogP contribution in [-0.2, 0) is 7.05 Å². The summed E-state index contributed by atoms with van der Waals surface area (Å²) < 4.78 is 6.73. The topological polar surface area (TPSA) is 77.8 Å². The first-order valence-corrected chi connectivity index (χ1v) is 5.67. The maximum Gasteiger partial charge on any atom is 0.321 e. The Morgan fingerprint density at radius 3 is 2.76 bits per heavy atom. The molecule has 7 nitrogen and oxygen atoms in total. The van der Waals surface area contributed by atoms with Crippen LogP contribution < -0.4 is 10.1 Å². The van der Waals surface area contributed by atoms with Gasteiger partial charge in [-0.05, 0) is 11.8 Å². The van der Waals surface area contributed by atoms with Crippen LogP contribution in [0, 0.1) is 0 Å². The fourth-order valence-electron chi connectivity index (χ4n) is 1.14. The molecule has 0 aliphatic rings. The Morgan fingerprint density at radius 2 is 2.18 bits per heavy atom. The lowest BCUT2D eigenvalue weighted by molar-refractivity contribution is 0.374. The normalized spacial score (nSPS) is 10.3. The first-order valence-electron chi connectivity index (χ1n) is 4.85. The lowest BCUT2D eigenvalue weighted by Crippen LogP contribution is -2.02. The standard InChI is InChI=1S/C9H12N6OS/c1-10-7-12-8(16-3)14-9(13-7)17-6-4-11-15(2)5-6/h4-5H,1-3H3,(H,10,12,13,14). The van der Waals surface area contributed by atoms with E-state index < -0.39 is 0 Å². The monoisotopic (exact) mass is 252 g/mol. The fraction of sp³-hybridized carbons (Fsp3) is 0.333. The molecule has 0 saturated heterocycles. The lowest BCUT2D eigenvalue weighted by atomic mass is 10.7. The zero-order valence-electron chi connectivity index (χ0n) is 9.71. The highest BCUT2D eigenvalue weighted by Gasteiger charge is 2.08. The number of aryl methyl sites for hydroxylation is 1. The molecule has 0 unspecified atom stereocenters. The van der Waals surface area contributed by atoms with Crippen molar-refractivity contribution >= 4 is 17.7 Å². The first kappa shape index (κ1) is 11.6. The summed E-state index contributed by atoms with van der Waals surface area (Å²) >= 11 is 1.40. The molecular weight excluding hydrogens is 240 g/mol. The predicted octanol–water partition coefficient (Wildman–Crippen LogP) is 0.807. The van der Waals surface area contributed by atoms with Gasteiger partial charge in [0.05, 0.1) is 18.2 Å². The fourth-order valence-corrected chi connectivity index (χ4v) is 1.92. The molecule has 0 fully saturated rings. The molecular formula is C9H12N6OS. The molecule has 0 aromatic carbocycles. The van der Waals surface area contributed by atoms with Gasteiger partial charge in [0.25, 0.3) is 0 Å². The van der Waals surface area contributed by atoms with Crippen LogP contribution in [0.25, 0.3) is 0 Å². The summed E-state index contributed by atoms with van der Waals surface area (Å²) in [6.45, 7) is 0. The van der Waals surface area contributed by atoms with Crippen LogP contribution in [0.1, 0.15) is 0 Å². The van der Waals surface area contributed by atoms with Crippen molar-refractivity contribution in [1.82, 2.24) is 24.7 Å². The summed E-state index contributed by atoms with van der Waals surface area (Å²) in [5, 5.41) is 7.50. The van der Waals surface area contributed by atoms with Crippen LogP contribution in [0.5, 0.6) is 6.01 Å². The van der Waals surface area contributed by atoms with Crippen LogP contribution in [0.15, 0.2) is 22.4 Å². The zero-order chi connectivity index (χ0) is 12.3. The maximum atomic E-state index is 5.00. The highest BCUT2D eigenvalue weighted by molar-refractivity contribution is 7.99. The van der Waals surface area contributed by atoms with Gasteiger partial charge in [0.2, 0.25) is 11.1 Å². The van der Waals surface area contributed by atoms with Crippen LogP contribution in [0.2, 0.25) is 0 Å². The van der Waals surface area contributed by atoms with Crippen molar-refractivity contribution in [2.45, 2.75) is 10.1 Å². The van der Waals surface area contributed by atoms with Gasteiger partial charge in [0.1, 0.15) is 0 Å². The van der Waals surface area contributed by atoms with Crippen molar-refractivity contribution in [3.8, 4) is 6.01 Å². The van der Waals surface area contributed by atoms with Gasteiger partial charge in [-0.2, -0.15) is 20.1 Å². The van der Waals surface area contributed by atoms with Gasteiger partial charge in [-0.3, -0.25) is 4.68 Å². The largest absolute Gasteiger partial charge is 0.467 e. The van der Waals surface area contributed by atoms with Gasteiger partial charge < -0.3 is 10.1 Å². The Hall–Kier alpha value is -1.83. The smallest absolute Gasteiger partial charge is 0.321 e. The molecule has 0 saturated carbocycles. The van der Waals surface area contributed by atoms with Crippen LogP contribution in [-0.4, -0.2) is 38.9 Å². The van der Waals surface area contributed by atoms with E-state index in [4.69, 9.17) is 4.74 Å². The Bertz CT molecular complexity index is 492. The molecule has 0 spiro atoms. The quantitative estimate of drug-likeness (QED) is 0.862. The van der Waals surface area contributed by atoms with E-state index in [1.165, 1.54) is 18.9 Å². The zero-order valence-corrected chi connectivity index (χ0v) is 10.5. The number of rotatable bonds is 4. The number of methoxy groups -OCH3 is 1. The minimum atomic E-state index is 0.288. The minimum absolute atomic E-state index is 0.288. The van der Waals surface area contributed by atoms with E-state index in [1.54, 1.807) is 17.9 Å². The number of nitrogens with one attached hydrogen (secondary N) is 1. The van der Waals surface area contributed by atoms with Crippen LogP contribution in [0.4, 0.5) is 5.95 Å². The Labute approximate surface area is 103 Å². The van der Waals surface area contributed by atoms with E-state index in [0.717, 1.165) is 4.90 Å². The van der Waals surface area contributed by atoms with Gasteiger partial charge in [-0.1, -0.05) is 0 Å². The van der Waals surface area contributed by atoms with Crippen molar-refractivity contribution in [1.29, 1.82) is 0 Å². The molecule has 2 heterocycles. The Kier molecular flexibility index (Phi) is 3.43. The van der Waals surface area contributed by atoms with E-state index in [2.05, 4.69) is 25.4 Å². The molecule has 2 rings (SSSR count). The van der Waals surface area contributed by atoms with Crippen LogP contribution in [0.3, 0.4) is 0 Å². The first-order chi connectivity index (χ1) is 8.21. The molecule has 90 valence electrons. The van der Waals surface area contributed by atoms with E-state index in [-0.39, 0.29) is 6.01 Å².